The van der Waals surface area contributed by atoms with Crippen LogP contribution in [0.3, 0.4) is 0 Å². The van der Waals surface area contributed by atoms with Crippen LogP contribution in [0, 0.1) is 0 Å². The van der Waals surface area contributed by atoms with Crippen LogP contribution in [0.2, 0.25) is 5.02 Å². The van der Waals surface area contributed by atoms with Crippen molar-refractivity contribution in [1.29, 1.82) is 0 Å². The molecule has 3 N–H and O–H groups in total. The second-order valence-corrected chi connectivity index (χ2v) is 6.58. The second-order valence-electron chi connectivity index (χ2n) is 6.14. The van der Waals surface area contributed by atoms with E-state index in [9.17, 15) is 9.59 Å². The molecule has 0 saturated heterocycles. The summed E-state index contributed by atoms with van der Waals surface area (Å²) >= 11 is 5.84. The summed E-state index contributed by atoms with van der Waals surface area (Å²) in [4.78, 5) is 24.5. The average Bonchev–Trinajstić information content (AvgIpc) is 2.74. The van der Waals surface area contributed by atoms with Crippen LogP contribution >= 0.6 is 11.6 Å². The van der Waals surface area contributed by atoms with Crippen LogP contribution in [0.15, 0.2) is 72.8 Å². The first-order chi connectivity index (χ1) is 14.0. The molecule has 2 amide bonds. The van der Waals surface area contributed by atoms with Gasteiger partial charge in [0.25, 0.3) is 5.91 Å². The minimum Gasteiger partial charge on any atom is -0.495 e. The van der Waals surface area contributed by atoms with Gasteiger partial charge in [-0.1, -0.05) is 23.7 Å². The van der Waals surface area contributed by atoms with Gasteiger partial charge in [-0.05, 0) is 60.7 Å². The second kappa shape index (κ2) is 9.61. The van der Waals surface area contributed by atoms with Crippen molar-refractivity contribution in [3.8, 4) is 5.75 Å². The van der Waals surface area contributed by atoms with Gasteiger partial charge in [-0.3, -0.25) is 9.59 Å². The van der Waals surface area contributed by atoms with Gasteiger partial charge >= 0.3 is 0 Å². The fraction of sp³-hybridized carbons (Fsp3) is 0.0909. The van der Waals surface area contributed by atoms with Crippen LogP contribution in [0.5, 0.6) is 5.75 Å². The Morgan fingerprint density at radius 1 is 0.862 bits per heavy atom. The van der Waals surface area contributed by atoms with Crippen LogP contribution in [-0.4, -0.2) is 25.5 Å². The van der Waals surface area contributed by atoms with E-state index in [4.69, 9.17) is 16.3 Å². The molecule has 0 saturated carbocycles. The summed E-state index contributed by atoms with van der Waals surface area (Å²) in [6, 6.07) is 20.9. The third-order valence-corrected chi connectivity index (χ3v) is 4.34. The molecule has 3 aromatic carbocycles. The highest BCUT2D eigenvalue weighted by molar-refractivity contribution is 6.30. The monoisotopic (exact) mass is 409 g/mol. The SMILES string of the molecule is COc1ccccc1NC(=O)c1ccc(NC(=O)CNc2ccc(Cl)cc2)cc1. The summed E-state index contributed by atoms with van der Waals surface area (Å²) in [6.45, 7) is 0.109. The molecule has 3 aromatic rings. The van der Waals surface area contributed by atoms with Crippen molar-refractivity contribution in [1.82, 2.24) is 0 Å². The molecule has 29 heavy (non-hydrogen) atoms. The Hall–Kier alpha value is -3.51. The molecule has 3 rings (SSSR count). The van der Waals surface area contributed by atoms with E-state index >= 15 is 0 Å². The molecule has 6 nitrogen and oxygen atoms in total. The lowest BCUT2D eigenvalue weighted by atomic mass is 10.2. The van der Waals surface area contributed by atoms with Gasteiger partial charge in [-0.15, -0.1) is 0 Å². The molecule has 0 aliphatic carbocycles. The zero-order valence-corrected chi connectivity index (χ0v) is 16.5. The zero-order valence-electron chi connectivity index (χ0n) is 15.7. The number of para-hydroxylation sites is 2. The molecule has 0 spiro atoms. The maximum absolute atomic E-state index is 12.4. The van der Waals surface area contributed by atoms with Gasteiger partial charge in [0.2, 0.25) is 5.91 Å². The number of hydrogen-bond donors (Lipinski definition) is 3. The summed E-state index contributed by atoms with van der Waals surface area (Å²) < 4.78 is 5.23. The number of halogens is 1. The molecule has 0 unspecified atom stereocenters. The molecule has 0 atom stereocenters. The predicted molar refractivity (Wildman–Crippen MR) is 116 cm³/mol. The highest BCUT2D eigenvalue weighted by Crippen LogP contribution is 2.24. The number of carbonyl (C=O) groups excluding carboxylic acids is 2. The molecular weight excluding hydrogens is 390 g/mol. The van der Waals surface area contributed by atoms with Crippen LogP contribution in [-0.2, 0) is 4.79 Å². The van der Waals surface area contributed by atoms with E-state index in [0.717, 1.165) is 5.69 Å². The number of nitrogens with one attached hydrogen (secondary N) is 3. The maximum atomic E-state index is 12.4. The molecule has 0 radical (unpaired) electrons. The summed E-state index contributed by atoms with van der Waals surface area (Å²) in [5.74, 6) is 0.112. The van der Waals surface area contributed by atoms with Crippen molar-refractivity contribution in [2.75, 3.05) is 29.6 Å². The number of ether oxygens (including phenoxy) is 1. The first-order valence-electron chi connectivity index (χ1n) is 8.89. The number of methoxy groups -OCH3 is 1. The number of carbonyl (C=O) groups is 2. The lowest BCUT2D eigenvalue weighted by molar-refractivity contribution is -0.114. The highest BCUT2D eigenvalue weighted by atomic mass is 35.5. The van der Waals surface area contributed by atoms with Gasteiger partial charge in [0.1, 0.15) is 5.75 Å². The van der Waals surface area contributed by atoms with Gasteiger partial charge in [-0.2, -0.15) is 0 Å². The smallest absolute Gasteiger partial charge is 0.255 e. The average molecular weight is 410 g/mol. The third kappa shape index (κ3) is 5.73. The van der Waals surface area contributed by atoms with E-state index in [1.54, 1.807) is 67.8 Å². The van der Waals surface area contributed by atoms with Crippen LogP contribution < -0.4 is 20.7 Å². The van der Waals surface area contributed by atoms with E-state index < -0.39 is 0 Å². The van der Waals surface area contributed by atoms with Gasteiger partial charge in [0, 0.05) is 22.0 Å². The minimum atomic E-state index is -0.267. The van der Waals surface area contributed by atoms with E-state index in [-0.39, 0.29) is 18.4 Å². The van der Waals surface area contributed by atoms with Crippen LogP contribution in [0.4, 0.5) is 17.1 Å². The van der Waals surface area contributed by atoms with Crippen molar-refractivity contribution >= 4 is 40.5 Å². The van der Waals surface area contributed by atoms with E-state index in [0.29, 0.717) is 27.7 Å². The summed E-state index contributed by atoms with van der Waals surface area (Å²) in [5.41, 5.74) is 2.45. The lowest BCUT2D eigenvalue weighted by Gasteiger charge is -2.11. The van der Waals surface area contributed by atoms with E-state index in [2.05, 4.69) is 16.0 Å². The van der Waals surface area contributed by atoms with Gasteiger partial charge < -0.3 is 20.7 Å². The Morgan fingerprint density at radius 2 is 1.52 bits per heavy atom. The van der Waals surface area contributed by atoms with Crippen LogP contribution in [0.1, 0.15) is 10.4 Å². The van der Waals surface area contributed by atoms with Gasteiger partial charge in [-0.25, -0.2) is 0 Å². The predicted octanol–water partition coefficient (Wildman–Crippen LogP) is 4.65. The van der Waals surface area contributed by atoms with E-state index in [1.165, 1.54) is 0 Å². The highest BCUT2D eigenvalue weighted by Gasteiger charge is 2.10. The standard InChI is InChI=1S/C22H20ClN3O3/c1-29-20-5-3-2-4-19(20)26-22(28)15-6-10-18(11-7-15)25-21(27)14-24-17-12-8-16(23)9-13-17/h2-13,24H,14H2,1H3,(H,25,27)(H,26,28). The molecule has 7 heteroatoms. The Morgan fingerprint density at radius 3 is 2.21 bits per heavy atom. The van der Waals surface area contributed by atoms with Crippen LogP contribution in [0.25, 0.3) is 0 Å². The third-order valence-electron chi connectivity index (χ3n) is 4.08. The Bertz CT molecular complexity index is 989. The lowest BCUT2D eigenvalue weighted by Crippen LogP contribution is -2.21. The topological polar surface area (TPSA) is 79.5 Å². The van der Waals surface area contributed by atoms with Crippen molar-refractivity contribution in [2.45, 2.75) is 0 Å². The largest absolute Gasteiger partial charge is 0.495 e. The number of amides is 2. The van der Waals surface area contributed by atoms with Crippen molar-refractivity contribution in [2.24, 2.45) is 0 Å². The number of rotatable bonds is 7. The number of benzene rings is 3. The molecule has 0 aliphatic heterocycles. The normalized spacial score (nSPS) is 10.1. The van der Waals surface area contributed by atoms with Gasteiger partial charge in [0.15, 0.2) is 0 Å². The Kier molecular flexibility index (Phi) is 6.71. The van der Waals surface area contributed by atoms with Crippen molar-refractivity contribution in [3.63, 3.8) is 0 Å². The van der Waals surface area contributed by atoms with Crippen molar-refractivity contribution in [3.05, 3.63) is 83.4 Å². The first kappa shape index (κ1) is 20.2. The summed E-state index contributed by atoms with van der Waals surface area (Å²) in [6.07, 6.45) is 0. The Labute approximate surface area is 173 Å². The quantitative estimate of drug-likeness (QED) is 0.530. The molecular formula is C22H20ClN3O3. The molecule has 0 heterocycles. The molecule has 0 aliphatic rings. The van der Waals surface area contributed by atoms with Crippen molar-refractivity contribution < 1.29 is 14.3 Å². The number of hydrogen-bond acceptors (Lipinski definition) is 4. The number of anilines is 3. The summed E-state index contributed by atoms with van der Waals surface area (Å²) in [7, 11) is 1.55. The van der Waals surface area contributed by atoms with E-state index in [1.807, 2.05) is 12.1 Å². The Balaban J connectivity index is 1.54. The summed E-state index contributed by atoms with van der Waals surface area (Å²) in [5, 5.41) is 9.24. The molecule has 0 fully saturated rings. The zero-order chi connectivity index (χ0) is 20.6. The fourth-order valence-electron chi connectivity index (χ4n) is 2.60. The fourth-order valence-corrected chi connectivity index (χ4v) is 2.73. The minimum absolute atomic E-state index is 0.109. The molecule has 148 valence electrons. The molecule has 0 aromatic heterocycles. The maximum Gasteiger partial charge on any atom is 0.255 e. The molecule has 0 bridgehead atoms. The first-order valence-corrected chi connectivity index (χ1v) is 9.26. The van der Waals surface area contributed by atoms with Gasteiger partial charge in [0.05, 0.1) is 19.3 Å².